The first kappa shape index (κ1) is 17.4. The second-order valence-corrected chi connectivity index (χ2v) is 7.14. The third-order valence-corrected chi connectivity index (χ3v) is 5.08. The van der Waals surface area contributed by atoms with E-state index in [4.69, 9.17) is 0 Å². The van der Waals surface area contributed by atoms with Gasteiger partial charge < -0.3 is 10.3 Å². The molecule has 0 atom stereocenters. The third kappa shape index (κ3) is 4.04. The van der Waals surface area contributed by atoms with Gasteiger partial charge in [0.05, 0.1) is 17.5 Å². The number of benzene rings is 3. The van der Waals surface area contributed by atoms with E-state index in [-0.39, 0.29) is 5.91 Å². The van der Waals surface area contributed by atoms with Gasteiger partial charge in [-0.1, -0.05) is 36.4 Å². The standard InChI is InChI=1S/C22H19N3OS/c1-27-18-11-9-15(10-12-18)13-21(26)23-17-6-4-5-16(14-17)22-24-19-7-2-3-8-20(19)25-22/h2-12,14H,13H2,1H3,(H,23,26)(H,24,25). The molecule has 134 valence electrons. The van der Waals surface area contributed by atoms with Crippen LogP contribution in [0.2, 0.25) is 0 Å². The van der Waals surface area contributed by atoms with Crippen LogP contribution in [0.3, 0.4) is 0 Å². The van der Waals surface area contributed by atoms with E-state index in [1.54, 1.807) is 11.8 Å². The summed E-state index contributed by atoms with van der Waals surface area (Å²) >= 11 is 1.69. The zero-order valence-electron chi connectivity index (χ0n) is 14.9. The summed E-state index contributed by atoms with van der Waals surface area (Å²) < 4.78 is 0. The van der Waals surface area contributed by atoms with Crippen molar-refractivity contribution in [3.8, 4) is 11.4 Å². The molecule has 0 fully saturated rings. The van der Waals surface area contributed by atoms with E-state index in [2.05, 4.69) is 15.3 Å². The number of imidazole rings is 1. The fraction of sp³-hybridized carbons (Fsp3) is 0.0909. The molecule has 27 heavy (non-hydrogen) atoms. The summed E-state index contributed by atoms with van der Waals surface area (Å²) in [6.45, 7) is 0. The highest BCUT2D eigenvalue weighted by atomic mass is 32.2. The highest BCUT2D eigenvalue weighted by molar-refractivity contribution is 7.98. The van der Waals surface area contributed by atoms with Gasteiger partial charge in [0.25, 0.3) is 0 Å². The highest BCUT2D eigenvalue weighted by Gasteiger charge is 2.08. The topological polar surface area (TPSA) is 57.8 Å². The lowest BCUT2D eigenvalue weighted by Crippen LogP contribution is -2.14. The van der Waals surface area contributed by atoms with Gasteiger partial charge in [-0.3, -0.25) is 4.79 Å². The maximum Gasteiger partial charge on any atom is 0.228 e. The highest BCUT2D eigenvalue weighted by Crippen LogP contribution is 2.23. The molecule has 0 unspecified atom stereocenters. The van der Waals surface area contributed by atoms with E-state index in [9.17, 15) is 4.79 Å². The van der Waals surface area contributed by atoms with Crippen LogP contribution in [0.15, 0.2) is 77.7 Å². The van der Waals surface area contributed by atoms with Crippen molar-refractivity contribution in [3.63, 3.8) is 0 Å². The molecular formula is C22H19N3OS. The fourth-order valence-corrected chi connectivity index (χ4v) is 3.38. The molecular weight excluding hydrogens is 354 g/mol. The smallest absolute Gasteiger partial charge is 0.228 e. The lowest BCUT2D eigenvalue weighted by molar-refractivity contribution is -0.115. The van der Waals surface area contributed by atoms with Crippen LogP contribution in [0.4, 0.5) is 5.69 Å². The van der Waals surface area contributed by atoms with Crippen molar-refractivity contribution in [2.24, 2.45) is 0 Å². The number of carbonyl (C=O) groups is 1. The second kappa shape index (κ2) is 7.68. The van der Waals surface area contributed by atoms with Gasteiger partial charge in [-0.05, 0) is 48.2 Å². The fourth-order valence-electron chi connectivity index (χ4n) is 2.97. The molecule has 3 aromatic carbocycles. The van der Waals surface area contributed by atoms with Crippen LogP contribution >= 0.6 is 11.8 Å². The average molecular weight is 373 g/mol. The molecule has 5 heteroatoms. The summed E-state index contributed by atoms with van der Waals surface area (Å²) in [7, 11) is 0. The monoisotopic (exact) mass is 373 g/mol. The van der Waals surface area contributed by atoms with Crippen molar-refractivity contribution in [2.75, 3.05) is 11.6 Å². The molecule has 4 rings (SSSR count). The predicted molar refractivity (Wildman–Crippen MR) is 112 cm³/mol. The van der Waals surface area contributed by atoms with Crippen molar-refractivity contribution in [1.29, 1.82) is 0 Å². The molecule has 0 bridgehead atoms. The molecule has 0 radical (unpaired) electrons. The number of aromatic nitrogens is 2. The van der Waals surface area contributed by atoms with Gasteiger partial charge >= 0.3 is 0 Å². The number of thioether (sulfide) groups is 1. The molecule has 0 spiro atoms. The van der Waals surface area contributed by atoms with Crippen molar-refractivity contribution in [2.45, 2.75) is 11.3 Å². The van der Waals surface area contributed by atoms with Gasteiger partial charge in [-0.15, -0.1) is 11.8 Å². The van der Waals surface area contributed by atoms with Crippen LogP contribution in [-0.2, 0) is 11.2 Å². The van der Waals surface area contributed by atoms with Crippen molar-refractivity contribution in [1.82, 2.24) is 9.97 Å². The Kier molecular flexibility index (Phi) is 4.94. The van der Waals surface area contributed by atoms with E-state index in [0.717, 1.165) is 33.7 Å². The number of hydrogen-bond donors (Lipinski definition) is 2. The van der Waals surface area contributed by atoms with Crippen LogP contribution in [0.5, 0.6) is 0 Å². The van der Waals surface area contributed by atoms with Gasteiger partial charge in [0, 0.05) is 16.1 Å². The van der Waals surface area contributed by atoms with Gasteiger partial charge in [-0.2, -0.15) is 0 Å². The molecule has 4 aromatic rings. The Morgan fingerprint density at radius 2 is 1.85 bits per heavy atom. The van der Waals surface area contributed by atoms with Crippen molar-refractivity contribution < 1.29 is 4.79 Å². The van der Waals surface area contributed by atoms with Gasteiger partial charge in [-0.25, -0.2) is 4.98 Å². The van der Waals surface area contributed by atoms with Crippen molar-refractivity contribution in [3.05, 3.63) is 78.4 Å². The van der Waals surface area contributed by atoms with Gasteiger partial charge in [0.1, 0.15) is 5.82 Å². The number of rotatable bonds is 5. The molecule has 0 aliphatic carbocycles. The summed E-state index contributed by atoms with van der Waals surface area (Å²) in [5, 5.41) is 2.98. The van der Waals surface area contributed by atoms with Crippen LogP contribution in [0.1, 0.15) is 5.56 Å². The van der Waals surface area contributed by atoms with E-state index in [1.165, 1.54) is 4.90 Å². The third-order valence-electron chi connectivity index (χ3n) is 4.33. The van der Waals surface area contributed by atoms with E-state index in [1.807, 2.05) is 79.1 Å². The predicted octanol–water partition coefficient (Wildman–Crippen LogP) is 5.13. The molecule has 1 aromatic heterocycles. The normalized spacial score (nSPS) is 10.9. The molecule has 4 nitrogen and oxygen atoms in total. The summed E-state index contributed by atoms with van der Waals surface area (Å²) in [5.74, 6) is 0.758. The number of fused-ring (bicyclic) bond motifs is 1. The molecule has 1 heterocycles. The minimum Gasteiger partial charge on any atom is -0.338 e. The summed E-state index contributed by atoms with van der Waals surface area (Å²) in [4.78, 5) is 21.5. The quantitative estimate of drug-likeness (QED) is 0.477. The number of nitrogens with one attached hydrogen (secondary N) is 2. The summed E-state index contributed by atoms with van der Waals surface area (Å²) in [6.07, 6.45) is 2.39. The van der Waals surface area contributed by atoms with Crippen molar-refractivity contribution >= 4 is 34.4 Å². The first-order valence-electron chi connectivity index (χ1n) is 8.69. The lowest BCUT2D eigenvalue weighted by atomic mass is 10.1. The minimum absolute atomic E-state index is 0.0337. The number of carbonyl (C=O) groups excluding carboxylic acids is 1. The molecule has 0 aliphatic heterocycles. The lowest BCUT2D eigenvalue weighted by Gasteiger charge is -2.07. The first-order valence-corrected chi connectivity index (χ1v) is 9.92. The number of amides is 1. The van der Waals surface area contributed by atoms with Crippen LogP contribution in [0.25, 0.3) is 22.4 Å². The first-order chi connectivity index (χ1) is 13.2. The van der Waals surface area contributed by atoms with Crippen LogP contribution < -0.4 is 5.32 Å². The Morgan fingerprint density at radius 3 is 2.63 bits per heavy atom. The van der Waals surface area contributed by atoms with E-state index < -0.39 is 0 Å². The second-order valence-electron chi connectivity index (χ2n) is 6.26. The number of para-hydroxylation sites is 2. The largest absolute Gasteiger partial charge is 0.338 e. The maximum absolute atomic E-state index is 12.4. The number of hydrogen-bond acceptors (Lipinski definition) is 3. The van der Waals surface area contributed by atoms with Crippen LogP contribution in [0, 0.1) is 0 Å². The Bertz CT molecular complexity index is 1050. The zero-order chi connectivity index (χ0) is 18.6. The molecule has 0 aliphatic rings. The van der Waals surface area contributed by atoms with E-state index >= 15 is 0 Å². The Labute approximate surface area is 162 Å². The number of aromatic amines is 1. The molecule has 0 saturated carbocycles. The van der Waals surface area contributed by atoms with Gasteiger partial charge in [0.15, 0.2) is 0 Å². The molecule has 0 saturated heterocycles. The number of anilines is 1. The average Bonchev–Trinajstić information content (AvgIpc) is 3.13. The minimum atomic E-state index is -0.0337. The Hall–Kier alpha value is -3.05. The molecule has 1 amide bonds. The van der Waals surface area contributed by atoms with Crippen LogP contribution in [-0.4, -0.2) is 22.1 Å². The van der Waals surface area contributed by atoms with Gasteiger partial charge in [0.2, 0.25) is 5.91 Å². The zero-order valence-corrected chi connectivity index (χ0v) is 15.7. The Balaban J connectivity index is 1.49. The number of nitrogens with zero attached hydrogens (tertiary/aromatic N) is 1. The summed E-state index contributed by atoms with van der Waals surface area (Å²) in [6, 6.07) is 23.7. The summed E-state index contributed by atoms with van der Waals surface area (Å²) in [5.41, 5.74) is 4.62. The maximum atomic E-state index is 12.4. The number of H-pyrrole nitrogens is 1. The SMILES string of the molecule is CSc1ccc(CC(=O)Nc2cccc(-c3nc4ccccc4[nH]3)c2)cc1. The Morgan fingerprint density at radius 1 is 1.04 bits per heavy atom. The van der Waals surface area contributed by atoms with E-state index in [0.29, 0.717) is 6.42 Å². The molecule has 2 N–H and O–H groups in total.